The molecule has 9 aromatic carbocycles. The highest BCUT2D eigenvalue weighted by atomic mass is 16.3. The number of benzene rings is 9. The molecule has 0 amide bonds. The zero-order valence-electron chi connectivity index (χ0n) is 34.0. The molecule has 0 radical (unpaired) electrons. The fourth-order valence-electron chi connectivity index (χ4n) is 9.89. The summed E-state index contributed by atoms with van der Waals surface area (Å²) < 4.78 is 22.2. The molecule has 0 aliphatic carbocycles. The Morgan fingerprint density at radius 2 is 0.859 bits per heavy atom. The predicted molar refractivity (Wildman–Crippen MR) is 258 cm³/mol. The Morgan fingerprint density at radius 3 is 1.66 bits per heavy atom. The van der Waals surface area contributed by atoms with Gasteiger partial charge < -0.3 is 17.8 Å². The van der Waals surface area contributed by atoms with E-state index in [0.717, 1.165) is 110 Å². The Morgan fingerprint density at radius 1 is 0.312 bits per heavy atom. The maximum atomic E-state index is 6.68. The van der Waals surface area contributed by atoms with Crippen LogP contribution in [0.25, 0.3) is 139 Å². The van der Waals surface area contributed by atoms with E-state index in [1.165, 1.54) is 10.8 Å². The third kappa shape index (κ3) is 5.06. The standard InChI is InChI=1S/C57H32N4O3/c1-2-14-33(15-3-1)55-58-56(60-57(59-55)41-22-10-20-39-38-18-6-9-26-46(38)64-54(39)41)40-21-12-27-48-51(40)42-32-34(30-31-47(42)62-48)35-19-11-28-49-52(35)53-45(25-13-29-50(53)63-49)61-43-23-7-4-16-36(43)37-17-5-8-24-44(37)61/h1-32H. The van der Waals surface area contributed by atoms with Crippen molar-refractivity contribution in [1.29, 1.82) is 0 Å². The van der Waals surface area contributed by atoms with Gasteiger partial charge in [0.15, 0.2) is 17.5 Å². The molecule has 0 bridgehead atoms. The van der Waals surface area contributed by atoms with Crippen LogP contribution in [0.2, 0.25) is 0 Å². The molecule has 0 fully saturated rings. The average molecular weight is 821 g/mol. The first-order chi connectivity index (χ1) is 31.7. The minimum atomic E-state index is 0.525. The number of hydrogen-bond donors (Lipinski definition) is 0. The third-order valence-corrected chi connectivity index (χ3v) is 12.7. The van der Waals surface area contributed by atoms with Gasteiger partial charge in [-0.3, -0.25) is 0 Å². The van der Waals surface area contributed by atoms with Crippen molar-refractivity contribution in [3.05, 3.63) is 194 Å². The summed E-state index contributed by atoms with van der Waals surface area (Å²) in [6.07, 6.45) is 0. The number of nitrogens with zero attached hydrogens (tertiary/aromatic N) is 4. The molecule has 14 aromatic rings. The number of hydrogen-bond acceptors (Lipinski definition) is 6. The van der Waals surface area contributed by atoms with E-state index in [9.17, 15) is 0 Å². The Bertz CT molecular complexity index is 4160. The predicted octanol–water partition coefficient (Wildman–Crippen LogP) is 15.3. The van der Waals surface area contributed by atoms with Gasteiger partial charge in [0.05, 0.1) is 27.7 Å². The lowest BCUT2D eigenvalue weighted by molar-refractivity contribution is 0.668. The van der Waals surface area contributed by atoms with Crippen LogP contribution in [0.4, 0.5) is 0 Å². The van der Waals surface area contributed by atoms with Crippen LogP contribution in [0, 0.1) is 0 Å². The SMILES string of the molecule is c1ccc(-c2nc(-c3cccc4c3oc3ccccc34)nc(-c3cccc4oc5ccc(-c6cccc7oc8cccc(-n9c%10ccccc%10c%10ccccc%109)c8c67)cc5c34)n2)cc1. The van der Waals surface area contributed by atoms with E-state index >= 15 is 0 Å². The van der Waals surface area contributed by atoms with Gasteiger partial charge in [-0.05, 0) is 71.8 Å². The number of aromatic nitrogens is 4. The number of fused-ring (bicyclic) bond motifs is 12. The van der Waals surface area contributed by atoms with Gasteiger partial charge in [0.2, 0.25) is 0 Å². The van der Waals surface area contributed by atoms with Gasteiger partial charge in [-0.2, -0.15) is 0 Å². The van der Waals surface area contributed by atoms with E-state index < -0.39 is 0 Å². The molecular formula is C57H32N4O3. The first kappa shape index (κ1) is 34.9. The van der Waals surface area contributed by atoms with Crippen LogP contribution in [0.3, 0.4) is 0 Å². The van der Waals surface area contributed by atoms with Gasteiger partial charge in [-0.15, -0.1) is 0 Å². The minimum absolute atomic E-state index is 0.525. The van der Waals surface area contributed by atoms with Crippen LogP contribution in [-0.4, -0.2) is 19.5 Å². The van der Waals surface area contributed by atoms with E-state index in [0.29, 0.717) is 17.5 Å². The zero-order valence-corrected chi connectivity index (χ0v) is 34.0. The van der Waals surface area contributed by atoms with E-state index in [1.54, 1.807) is 0 Å². The summed E-state index contributed by atoms with van der Waals surface area (Å²) >= 11 is 0. The number of furan rings is 3. The molecule has 7 nitrogen and oxygen atoms in total. The van der Waals surface area contributed by atoms with Crippen molar-refractivity contribution >= 4 is 87.6 Å². The van der Waals surface area contributed by atoms with Gasteiger partial charge in [0, 0.05) is 48.8 Å². The monoisotopic (exact) mass is 820 g/mol. The van der Waals surface area contributed by atoms with Crippen molar-refractivity contribution in [2.24, 2.45) is 0 Å². The molecule has 0 aliphatic heterocycles. The normalized spacial score (nSPS) is 12.1. The molecule has 0 saturated heterocycles. The Hall–Kier alpha value is -8.81. The first-order valence-corrected chi connectivity index (χ1v) is 21.3. The molecule has 0 saturated carbocycles. The van der Waals surface area contributed by atoms with Crippen LogP contribution in [0.15, 0.2) is 207 Å². The fourth-order valence-corrected chi connectivity index (χ4v) is 9.89. The van der Waals surface area contributed by atoms with E-state index in [2.05, 4.69) is 126 Å². The van der Waals surface area contributed by atoms with Crippen molar-refractivity contribution in [3.8, 4) is 51.0 Å². The fraction of sp³-hybridized carbons (Fsp3) is 0. The average Bonchev–Trinajstić information content (AvgIpc) is 4.13. The lowest BCUT2D eigenvalue weighted by atomic mass is 9.96. The van der Waals surface area contributed by atoms with Crippen LogP contribution in [0.1, 0.15) is 0 Å². The van der Waals surface area contributed by atoms with Crippen molar-refractivity contribution in [3.63, 3.8) is 0 Å². The lowest BCUT2D eigenvalue weighted by Gasteiger charge is -2.11. The molecule has 298 valence electrons. The minimum Gasteiger partial charge on any atom is -0.456 e. The lowest BCUT2D eigenvalue weighted by Crippen LogP contribution is -2.00. The second kappa shape index (κ2) is 13.3. The molecule has 14 rings (SSSR count). The molecular weight excluding hydrogens is 789 g/mol. The molecule has 5 aromatic heterocycles. The van der Waals surface area contributed by atoms with Crippen LogP contribution in [0.5, 0.6) is 0 Å². The Balaban J connectivity index is 0.995. The molecule has 5 heterocycles. The summed E-state index contributed by atoms with van der Waals surface area (Å²) in [7, 11) is 0. The van der Waals surface area contributed by atoms with E-state index in [1.807, 2.05) is 72.8 Å². The summed E-state index contributed by atoms with van der Waals surface area (Å²) in [6.45, 7) is 0. The third-order valence-electron chi connectivity index (χ3n) is 12.7. The van der Waals surface area contributed by atoms with Gasteiger partial charge in [0.25, 0.3) is 0 Å². The molecule has 7 heteroatoms. The number of rotatable bonds is 5. The van der Waals surface area contributed by atoms with Crippen LogP contribution >= 0.6 is 0 Å². The Labute approximate surface area is 364 Å². The van der Waals surface area contributed by atoms with Crippen LogP contribution in [-0.2, 0) is 0 Å². The van der Waals surface area contributed by atoms with Crippen molar-refractivity contribution in [2.75, 3.05) is 0 Å². The highest BCUT2D eigenvalue weighted by Gasteiger charge is 2.23. The summed E-state index contributed by atoms with van der Waals surface area (Å²) in [5, 5.41) is 8.47. The highest BCUT2D eigenvalue weighted by Crippen LogP contribution is 2.45. The van der Waals surface area contributed by atoms with Gasteiger partial charge in [-0.25, -0.2) is 15.0 Å². The summed E-state index contributed by atoms with van der Waals surface area (Å²) in [5.41, 5.74) is 12.7. The van der Waals surface area contributed by atoms with Gasteiger partial charge >= 0.3 is 0 Å². The van der Waals surface area contributed by atoms with Crippen molar-refractivity contribution in [1.82, 2.24) is 19.5 Å². The molecule has 0 spiro atoms. The quantitative estimate of drug-likeness (QED) is 0.172. The highest BCUT2D eigenvalue weighted by molar-refractivity contribution is 6.19. The topological polar surface area (TPSA) is 83.0 Å². The van der Waals surface area contributed by atoms with E-state index in [-0.39, 0.29) is 0 Å². The smallest absolute Gasteiger partial charge is 0.167 e. The van der Waals surface area contributed by atoms with E-state index in [4.69, 9.17) is 28.2 Å². The molecule has 0 aliphatic rings. The summed E-state index contributed by atoms with van der Waals surface area (Å²) in [4.78, 5) is 15.5. The van der Waals surface area contributed by atoms with Crippen LogP contribution < -0.4 is 0 Å². The Kier molecular flexibility index (Phi) is 7.27. The second-order valence-corrected chi connectivity index (χ2v) is 16.2. The molecule has 0 atom stereocenters. The number of para-hydroxylation sites is 4. The summed E-state index contributed by atoms with van der Waals surface area (Å²) in [5.74, 6) is 1.63. The largest absolute Gasteiger partial charge is 0.456 e. The zero-order chi connectivity index (χ0) is 41.9. The summed E-state index contributed by atoms with van der Waals surface area (Å²) in [6, 6.07) is 66.7. The molecule has 0 unspecified atom stereocenters. The van der Waals surface area contributed by atoms with Gasteiger partial charge in [-0.1, -0.05) is 133 Å². The molecule has 0 N–H and O–H groups in total. The maximum absolute atomic E-state index is 6.68. The second-order valence-electron chi connectivity index (χ2n) is 16.2. The van der Waals surface area contributed by atoms with Crippen molar-refractivity contribution in [2.45, 2.75) is 0 Å². The maximum Gasteiger partial charge on any atom is 0.167 e. The molecule has 64 heavy (non-hydrogen) atoms. The first-order valence-electron chi connectivity index (χ1n) is 21.3. The van der Waals surface area contributed by atoms with Crippen molar-refractivity contribution < 1.29 is 13.3 Å². The van der Waals surface area contributed by atoms with Gasteiger partial charge in [0.1, 0.15) is 33.5 Å².